The zero-order valence-electron chi connectivity index (χ0n) is 20.4. The highest BCUT2D eigenvalue weighted by Crippen LogP contribution is 2.36. The lowest BCUT2D eigenvalue weighted by Gasteiger charge is -2.33. The smallest absolute Gasteiger partial charge is 0.341 e. The van der Waals surface area contributed by atoms with E-state index in [-0.39, 0.29) is 36.9 Å². The van der Waals surface area contributed by atoms with Crippen LogP contribution in [0.1, 0.15) is 62.2 Å². The monoisotopic (exact) mass is 497 g/mol. The SMILES string of the molecule is CCOC(=O)c1c(-c2ccccc2)csc1NC(=O)CN1CCC(NC(=O)C2CCCCC2)CC1. The van der Waals surface area contributed by atoms with Crippen molar-refractivity contribution in [2.75, 3.05) is 31.6 Å². The third kappa shape index (κ3) is 6.70. The molecule has 0 unspecified atom stereocenters. The van der Waals surface area contributed by atoms with Crippen molar-refractivity contribution in [3.05, 3.63) is 41.3 Å². The summed E-state index contributed by atoms with van der Waals surface area (Å²) in [6, 6.07) is 9.82. The van der Waals surface area contributed by atoms with Crippen LogP contribution in [0.2, 0.25) is 0 Å². The number of benzene rings is 1. The highest BCUT2D eigenvalue weighted by atomic mass is 32.1. The van der Waals surface area contributed by atoms with Gasteiger partial charge < -0.3 is 15.4 Å². The van der Waals surface area contributed by atoms with Gasteiger partial charge in [-0.05, 0) is 38.2 Å². The maximum absolute atomic E-state index is 12.9. The molecule has 2 N–H and O–H groups in total. The number of ether oxygens (including phenoxy) is 1. The second-order valence-corrected chi connectivity index (χ2v) is 10.3. The molecular weight excluding hydrogens is 462 g/mol. The van der Waals surface area contributed by atoms with Gasteiger partial charge in [-0.25, -0.2) is 4.79 Å². The number of nitrogens with one attached hydrogen (secondary N) is 2. The molecule has 1 aromatic heterocycles. The topological polar surface area (TPSA) is 87.7 Å². The summed E-state index contributed by atoms with van der Waals surface area (Å²) >= 11 is 1.34. The quantitative estimate of drug-likeness (QED) is 0.517. The zero-order valence-corrected chi connectivity index (χ0v) is 21.2. The van der Waals surface area contributed by atoms with Gasteiger partial charge in [-0.2, -0.15) is 0 Å². The third-order valence-corrected chi connectivity index (χ3v) is 7.78. The van der Waals surface area contributed by atoms with E-state index in [1.165, 1.54) is 17.8 Å². The van der Waals surface area contributed by atoms with E-state index in [4.69, 9.17) is 4.74 Å². The van der Waals surface area contributed by atoms with E-state index in [1.807, 2.05) is 35.7 Å². The van der Waals surface area contributed by atoms with Crippen LogP contribution in [0.5, 0.6) is 0 Å². The third-order valence-electron chi connectivity index (χ3n) is 6.89. The molecule has 1 aliphatic carbocycles. The molecule has 2 heterocycles. The maximum Gasteiger partial charge on any atom is 0.341 e. The first kappa shape index (κ1) is 25.4. The largest absolute Gasteiger partial charge is 0.462 e. The minimum absolute atomic E-state index is 0.151. The molecule has 0 spiro atoms. The van der Waals surface area contributed by atoms with Gasteiger partial charge in [0.15, 0.2) is 0 Å². The fraction of sp³-hybridized carbons (Fsp3) is 0.519. The van der Waals surface area contributed by atoms with Crippen LogP contribution in [-0.2, 0) is 14.3 Å². The molecule has 0 bridgehead atoms. The van der Waals surface area contributed by atoms with Gasteiger partial charge in [-0.3, -0.25) is 14.5 Å². The predicted octanol–water partition coefficient (Wildman–Crippen LogP) is 4.69. The van der Waals surface area contributed by atoms with E-state index in [1.54, 1.807) is 6.92 Å². The van der Waals surface area contributed by atoms with Crippen molar-refractivity contribution in [3.8, 4) is 11.1 Å². The molecule has 7 nitrogen and oxygen atoms in total. The number of carbonyl (C=O) groups is 3. The van der Waals surface area contributed by atoms with Crippen molar-refractivity contribution in [3.63, 3.8) is 0 Å². The summed E-state index contributed by atoms with van der Waals surface area (Å²) in [5, 5.41) is 8.58. The Kier molecular flexibility index (Phi) is 8.93. The van der Waals surface area contributed by atoms with Crippen molar-refractivity contribution in [1.29, 1.82) is 0 Å². The van der Waals surface area contributed by atoms with Crippen LogP contribution in [0, 0.1) is 5.92 Å². The lowest BCUT2D eigenvalue weighted by molar-refractivity contribution is -0.127. The lowest BCUT2D eigenvalue weighted by Crippen LogP contribution is -2.48. The molecule has 2 aromatic rings. The van der Waals surface area contributed by atoms with Crippen molar-refractivity contribution in [2.45, 2.75) is 57.9 Å². The number of anilines is 1. The molecule has 0 atom stereocenters. The molecule has 2 amide bonds. The summed E-state index contributed by atoms with van der Waals surface area (Å²) in [5.41, 5.74) is 2.07. The van der Waals surface area contributed by atoms with Crippen LogP contribution in [-0.4, -0.2) is 55.0 Å². The number of amides is 2. The average molecular weight is 498 g/mol. The maximum atomic E-state index is 12.9. The molecule has 2 aliphatic rings. The van der Waals surface area contributed by atoms with E-state index >= 15 is 0 Å². The van der Waals surface area contributed by atoms with Crippen molar-refractivity contribution >= 4 is 34.1 Å². The van der Waals surface area contributed by atoms with Gasteiger partial charge in [0.05, 0.1) is 13.2 Å². The summed E-state index contributed by atoms with van der Waals surface area (Å²) in [4.78, 5) is 40.2. The fourth-order valence-corrected chi connectivity index (χ4v) is 5.95. The number of esters is 1. The summed E-state index contributed by atoms with van der Waals surface area (Å²) < 4.78 is 5.28. The summed E-state index contributed by atoms with van der Waals surface area (Å²) in [6.07, 6.45) is 7.25. The van der Waals surface area contributed by atoms with Crippen LogP contribution in [0.3, 0.4) is 0 Å². The Morgan fingerprint density at radius 2 is 1.74 bits per heavy atom. The minimum Gasteiger partial charge on any atom is -0.462 e. The molecule has 1 saturated heterocycles. The Bertz CT molecular complexity index is 1010. The molecule has 2 fully saturated rings. The Hall–Kier alpha value is -2.71. The second kappa shape index (κ2) is 12.3. The first-order chi connectivity index (χ1) is 17.0. The van der Waals surface area contributed by atoms with Gasteiger partial charge >= 0.3 is 5.97 Å². The van der Waals surface area contributed by atoms with Crippen LogP contribution < -0.4 is 10.6 Å². The van der Waals surface area contributed by atoms with E-state index in [0.717, 1.165) is 62.7 Å². The number of hydrogen-bond donors (Lipinski definition) is 2. The van der Waals surface area contributed by atoms with Gasteiger partial charge in [0.2, 0.25) is 11.8 Å². The Labute approximate surface area is 211 Å². The van der Waals surface area contributed by atoms with Gasteiger partial charge in [0.1, 0.15) is 10.6 Å². The molecule has 1 aliphatic heterocycles. The number of thiophene rings is 1. The molecular formula is C27H35N3O4S. The Morgan fingerprint density at radius 1 is 1.03 bits per heavy atom. The van der Waals surface area contributed by atoms with Gasteiger partial charge in [0.25, 0.3) is 0 Å². The summed E-state index contributed by atoms with van der Waals surface area (Å²) in [7, 11) is 0. The first-order valence-electron chi connectivity index (χ1n) is 12.7. The first-order valence-corrected chi connectivity index (χ1v) is 13.6. The van der Waals surface area contributed by atoms with Gasteiger partial charge in [-0.1, -0.05) is 49.6 Å². The molecule has 188 valence electrons. The zero-order chi connectivity index (χ0) is 24.6. The van der Waals surface area contributed by atoms with Crippen molar-refractivity contribution < 1.29 is 19.1 Å². The van der Waals surface area contributed by atoms with Crippen LogP contribution in [0.25, 0.3) is 11.1 Å². The number of carbonyl (C=O) groups excluding carboxylic acids is 3. The normalized spacial score (nSPS) is 17.6. The number of hydrogen-bond acceptors (Lipinski definition) is 6. The van der Waals surface area contributed by atoms with E-state index in [0.29, 0.717) is 10.6 Å². The number of nitrogens with zero attached hydrogens (tertiary/aromatic N) is 1. The van der Waals surface area contributed by atoms with Crippen LogP contribution in [0.15, 0.2) is 35.7 Å². The average Bonchev–Trinajstić information content (AvgIpc) is 3.30. The van der Waals surface area contributed by atoms with E-state index in [9.17, 15) is 14.4 Å². The molecule has 0 radical (unpaired) electrons. The summed E-state index contributed by atoms with van der Waals surface area (Å²) in [6.45, 7) is 3.81. The van der Waals surface area contributed by atoms with Crippen LogP contribution >= 0.6 is 11.3 Å². The standard InChI is InChI=1S/C27H35N3O4S/c1-2-34-27(33)24-22(19-9-5-3-6-10-19)18-35-26(24)29-23(31)17-30-15-13-21(14-16-30)28-25(32)20-11-7-4-8-12-20/h3,5-6,9-10,18,20-21H,2,4,7-8,11-17H2,1H3,(H,28,32)(H,29,31). The number of rotatable bonds is 8. The predicted molar refractivity (Wildman–Crippen MR) is 139 cm³/mol. The Balaban J connectivity index is 1.31. The lowest BCUT2D eigenvalue weighted by atomic mass is 9.88. The summed E-state index contributed by atoms with van der Waals surface area (Å²) in [5.74, 6) is -0.203. The molecule has 4 rings (SSSR count). The highest BCUT2D eigenvalue weighted by molar-refractivity contribution is 7.15. The van der Waals surface area contributed by atoms with Gasteiger partial charge in [-0.15, -0.1) is 11.3 Å². The minimum atomic E-state index is -0.433. The van der Waals surface area contributed by atoms with E-state index in [2.05, 4.69) is 15.5 Å². The van der Waals surface area contributed by atoms with Crippen molar-refractivity contribution in [1.82, 2.24) is 10.2 Å². The van der Waals surface area contributed by atoms with Crippen molar-refractivity contribution in [2.24, 2.45) is 5.92 Å². The number of piperidine rings is 1. The van der Waals surface area contributed by atoms with Crippen LogP contribution in [0.4, 0.5) is 5.00 Å². The molecule has 1 aromatic carbocycles. The Morgan fingerprint density at radius 3 is 2.43 bits per heavy atom. The fourth-order valence-electron chi connectivity index (χ4n) is 4.97. The molecule has 35 heavy (non-hydrogen) atoms. The molecule has 1 saturated carbocycles. The highest BCUT2D eigenvalue weighted by Gasteiger charge is 2.27. The second-order valence-electron chi connectivity index (χ2n) is 9.38. The molecule has 8 heteroatoms. The van der Waals surface area contributed by atoms with Gasteiger partial charge in [0, 0.05) is 36.0 Å². The number of likely N-dealkylation sites (tertiary alicyclic amines) is 1. The van der Waals surface area contributed by atoms with E-state index < -0.39 is 5.97 Å².